The molecule has 0 atom stereocenters. The van der Waals surface area contributed by atoms with Gasteiger partial charge in [-0.2, -0.15) is 0 Å². The largest absolute Gasteiger partial charge is 0.369 e. The molecular formula is C21H19N3S. The maximum absolute atomic E-state index is 6.35. The standard InChI is InChI=1S/C21H19N3S/c22-21(24-13-14-25-20-12-5-4-11-19(20)24)23-18-10-6-9-17(15-18)16-7-2-1-3-8-16/h1-12,15H,13-14H2,(H2,22,23). The first-order valence-electron chi connectivity index (χ1n) is 8.30. The molecule has 0 amide bonds. The second-order valence-electron chi connectivity index (χ2n) is 5.85. The summed E-state index contributed by atoms with van der Waals surface area (Å²) in [6.45, 7) is 0.870. The van der Waals surface area contributed by atoms with Gasteiger partial charge in [-0.15, -0.1) is 11.8 Å². The van der Waals surface area contributed by atoms with Gasteiger partial charge in [0, 0.05) is 17.2 Å². The van der Waals surface area contributed by atoms with Gasteiger partial charge in [-0.05, 0) is 35.4 Å². The van der Waals surface area contributed by atoms with E-state index in [1.165, 1.54) is 10.5 Å². The van der Waals surface area contributed by atoms with Crippen LogP contribution >= 0.6 is 11.8 Å². The van der Waals surface area contributed by atoms with Gasteiger partial charge in [0.05, 0.1) is 11.4 Å². The molecule has 0 aromatic heterocycles. The van der Waals surface area contributed by atoms with Gasteiger partial charge in [0.25, 0.3) is 0 Å². The summed E-state index contributed by atoms with van der Waals surface area (Å²) in [4.78, 5) is 8.03. The number of fused-ring (bicyclic) bond motifs is 1. The molecule has 0 bridgehead atoms. The summed E-state index contributed by atoms with van der Waals surface area (Å²) in [5.41, 5.74) is 10.7. The predicted octanol–water partition coefficient (Wildman–Crippen LogP) is 4.91. The molecule has 124 valence electrons. The normalized spacial score (nSPS) is 14.2. The Labute approximate surface area is 152 Å². The van der Waals surface area contributed by atoms with Gasteiger partial charge in [0.1, 0.15) is 0 Å². The van der Waals surface area contributed by atoms with Crippen molar-refractivity contribution < 1.29 is 0 Å². The predicted molar refractivity (Wildman–Crippen MR) is 108 cm³/mol. The molecule has 0 unspecified atom stereocenters. The van der Waals surface area contributed by atoms with E-state index in [4.69, 9.17) is 5.73 Å². The van der Waals surface area contributed by atoms with Crippen molar-refractivity contribution in [1.29, 1.82) is 0 Å². The third-order valence-corrected chi connectivity index (χ3v) is 5.24. The maximum atomic E-state index is 6.35. The van der Waals surface area contributed by atoms with Gasteiger partial charge in [-0.25, -0.2) is 4.99 Å². The lowest BCUT2D eigenvalue weighted by molar-refractivity contribution is 1.01. The SMILES string of the molecule is NC(=Nc1cccc(-c2ccccc2)c1)N1CCSc2ccccc21. The van der Waals surface area contributed by atoms with E-state index in [0.29, 0.717) is 5.96 Å². The summed E-state index contributed by atoms with van der Waals surface area (Å²) in [5.74, 6) is 1.55. The van der Waals surface area contributed by atoms with E-state index in [-0.39, 0.29) is 0 Å². The molecule has 0 radical (unpaired) electrons. The summed E-state index contributed by atoms with van der Waals surface area (Å²) in [6, 6.07) is 26.8. The number of nitrogens with two attached hydrogens (primary N) is 1. The van der Waals surface area contributed by atoms with Crippen LogP contribution in [0.4, 0.5) is 11.4 Å². The first-order valence-corrected chi connectivity index (χ1v) is 9.29. The van der Waals surface area contributed by atoms with E-state index in [2.05, 4.69) is 52.4 Å². The zero-order chi connectivity index (χ0) is 17.1. The van der Waals surface area contributed by atoms with E-state index >= 15 is 0 Å². The van der Waals surface area contributed by atoms with E-state index in [9.17, 15) is 0 Å². The van der Waals surface area contributed by atoms with Crippen LogP contribution < -0.4 is 10.6 Å². The monoisotopic (exact) mass is 345 g/mol. The third-order valence-electron chi connectivity index (χ3n) is 4.20. The fraction of sp³-hybridized carbons (Fsp3) is 0.0952. The average Bonchev–Trinajstić information content (AvgIpc) is 2.68. The number of guanidine groups is 1. The molecule has 3 aromatic rings. The Morgan fingerprint density at radius 2 is 1.64 bits per heavy atom. The van der Waals surface area contributed by atoms with Crippen molar-refractivity contribution in [2.75, 3.05) is 17.2 Å². The second-order valence-corrected chi connectivity index (χ2v) is 6.99. The average molecular weight is 345 g/mol. The fourth-order valence-corrected chi connectivity index (χ4v) is 3.98. The van der Waals surface area contributed by atoms with Crippen LogP contribution in [0.3, 0.4) is 0 Å². The smallest absolute Gasteiger partial charge is 0.201 e. The quantitative estimate of drug-likeness (QED) is 0.530. The van der Waals surface area contributed by atoms with Crippen LogP contribution in [0, 0.1) is 0 Å². The molecule has 1 heterocycles. The summed E-state index contributed by atoms with van der Waals surface area (Å²) >= 11 is 1.86. The molecular weight excluding hydrogens is 326 g/mol. The molecule has 2 N–H and O–H groups in total. The van der Waals surface area contributed by atoms with E-state index in [1.54, 1.807) is 0 Å². The molecule has 3 aromatic carbocycles. The Balaban J connectivity index is 1.66. The second kappa shape index (κ2) is 7.03. The lowest BCUT2D eigenvalue weighted by Crippen LogP contribution is -2.40. The first kappa shape index (κ1) is 15.8. The molecule has 0 saturated carbocycles. The Kier molecular flexibility index (Phi) is 4.44. The minimum absolute atomic E-state index is 0.540. The number of aliphatic imine (C=N–C) groups is 1. The zero-order valence-corrected chi connectivity index (χ0v) is 14.6. The van der Waals surface area contributed by atoms with Crippen LogP contribution in [-0.4, -0.2) is 18.3 Å². The van der Waals surface area contributed by atoms with Crippen molar-refractivity contribution in [3.8, 4) is 11.1 Å². The van der Waals surface area contributed by atoms with E-state index in [1.807, 2.05) is 48.2 Å². The number of anilines is 1. The number of benzene rings is 3. The molecule has 0 aliphatic carbocycles. The number of rotatable bonds is 2. The van der Waals surface area contributed by atoms with Gasteiger partial charge in [0.2, 0.25) is 5.96 Å². The Morgan fingerprint density at radius 1 is 0.880 bits per heavy atom. The van der Waals surface area contributed by atoms with Crippen LogP contribution in [0.15, 0.2) is 88.8 Å². The number of nitrogens with zero attached hydrogens (tertiary/aromatic N) is 2. The molecule has 4 heteroatoms. The number of hydrogen-bond donors (Lipinski definition) is 1. The maximum Gasteiger partial charge on any atom is 0.201 e. The lowest BCUT2D eigenvalue weighted by Gasteiger charge is -2.29. The van der Waals surface area contributed by atoms with Gasteiger partial charge in [-0.1, -0.05) is 54.6 Å². The van der Waals surface area contributed by atoms with Gasteiger partial charge < -0.3 is 10.6 Å². The van der Waals surface area contributed by atoms with Crippen molar-refractivity contribution >= 4 is 29.1 Å². The molecule has 0 saturated heterocycles. The van der Waals surface area contributed by atoms with Crippen molar-refractivity contribution in [3.63, 3.8) is 0 Å². The summed E-state index contributed by atoms with van der Waals surface area (Å²) in [5, 5.41) is 0. The van der Waals surface area contributed by atoms with Crippen LogP contribution in [0.25, 0.3) is 11.1 Å². The van der Waals surface area contributed by atoms with Gasteiger partial charge >= 0.3 is 0 Å². The highest BCUT2D eigenvalue weighted by molar-refractivity contribution is 7.99. The van der Waals surface area contributed by atoms with Crippen LogP contribution in [0.1, 0.15) is 0 Å². The van der Waals surface area contributed by atoms with Gasteiger partial charge in [0.15, 0.2) is 0 Å². The highest BCUT2D eigenvalue weighted by Crippen LogP contribution is 2.34. The minimum Gasteiger partial charge on any atom is -0.369 e. The third kappa shape index (κ3) is 3.39. The Hall–Kier alpha value is -2.72. The summed E-state index contributed by atoms with van der Waals surface area (Å²) in [6.07, 6.45) is 0. The van der Waals surface area contributed by atoms with Crippen LogP contribution in [-0.2, 0) is 0 Å². The highest BCUT2D eigenvalue weighted by Gasteiger charge is 2.19. The van der Waals surface area contributed by atoms with Crippen molar-refractivity contribution in [1.82, 2.24) is 0 Å². The zero-order valence-electron chi connectivity index (χ0n) is 13.8. The van der Waals surface area contributed by atoms with Crippen molar-refractivity contribution in [2.45, 2.75) is 4.90 Å². The number of thioether (sulfide) groups is 1. The van der Waals surface area contributed by atoms with Crippen LogP contribution in [0.5, 0.6) is 0 Å². The number of para-hydroxylation sites is 1. The summed E-state index contributed by atoms with van der Waals surface area (Å²) in [7, 11) is 0. The van der Waals surface area contributed by atoms with Crippen LogP contribution in [0.2, 0.25) is 0 Å². The molecule has 4 rings (SSSR count). The van der Waals surface area contributed by atoms with E-state index in [0.717, 1.165) is 29.2 Å². The number of hydrogen-bond acceptors (Lipinski definition) is 2. The molecule has 1 aliphatic heterocycles. The fourth-order valence-electron chi connectivity index (χ4n) is 2.99. The minimum atomic E-state index is 0.540. The molecule has 25 heavy (non-hydrogen) atoms. The Bertz CT molecular complexity index is 906. The Morgan fingerprint density at radius 3 is 2.52 bits per heavy atom. The van der Waals surface area contributed by atoms with Gasteiger partial charge in [-0.3, -0.25) is 0 Å². The topological polar surface area (TPSA) is 41.6 Å². The van der Waals surface area contributed by atoms with Crippen molar-refractivity contribution in [3.05, 3.63) is 78.9 Å². The molecule has 1 aliphatic rings. The molecule has 0 spiro atoms. The molecule has 3 nitrogen and oxygen atoms in total. The lowest BCUT2D eigenvalue weighted by atomic mass is 10.1. The highest BCUT2D eigenvalue weighted by atomic mass is 32.2. The molecule has 0 fully saturated rings. The summed E-state index contributed by atoms with van der Waals surface area (Å²) < 4.78 is 0. The van der Waals surface area contributed by atoms with Crippen molar-refractivity contribution in [2.24, 2.45) is 10.7 Å². The van der Waals surface area contributed by atoms with E-state index < -0.39 is 0 Å². The first-order chi connectivity index (χ1) is 12.3.